The van der Waals surface area contributed by atoms with Crippen LogP contribution in [0, 0.1) is 11.8 Å². The van der Waals surface area contributed by atoms with Gasteiger partial charge in [-0.2, -0.15) is 0 Å². The van der Waals surface area contributed by atoms with E-state index in [2.05, 4.69) is 6.58 Å². The summed E-state index contributed by atoms with van der Waals surface area (Å²) in [7, 11) is 0. The van der Waals surface area contributed by atoms with Crippen LogP contribution in [0.4, 0.5) is 13.2 Å². The Kier molecular flexibility index (Phi) is 2.35. The molecule has 4 rings (SSSR count). The minimum Gasteiger partial charge on any atom is -0.453 e. The van der Waals surface area contributed by atoms with Crippen molar-refractivity contribution in [3.63, 3.8) is 0 Å². The maximum absolute atomic E-state index is 14.5. The molecule has 4 bridgehead atoms. The van der Waals surface area contributed by atoms with Gasteiger partial charge in [-0.15, -0.1) is 0 Å². The minimum atomic E-state index is -2.48. The molecular weight excluding hydrogens is 245 g/mol. The largest absolute Gasteiger partial charge is 0.453 e. The fraction of sp³-hybridized carbons (Fsp3) is 0.769. The van der Waals surface area contributed by atoms with E-state index in [1.165, 1.54) is 0 Å². The summed E-state index contributed by atoms with van der Waals surface area (Å²) in [6.07, 6.45) is -2.08. The van der Waals surface area contributed by atoms with E-state index in [-0.39, 0.29) is 18.8 Å². The number of rotatable bonds is 2. The van der Waals surface area contributed by atoms with Crippen LogP contribution in [0.3, 0.4) is 0 Å². The van der Waals surface area contributed by atoms with Crippen LogP contribution in [-0.2, 0) is 9.53 Å². The van der Waals surface area contributed by atoms with Gasteiger partial charge in [0, 0.05) is 6.08 Å². The normalized spacial score (nSPS) is 53.3. The SMILES string of the molecule is C=CC(=O)OC12CC3CC(C1)C(F)C(F)(C3)C2F. The van der Waals surface area contributed by atoms with E-state index in [1.54, 1.807) is 0 Å². The molecule has 0 amide bonds. The van der Waals surface area contributed by atoms with Crippen molar-refractivity contribution in [2.24, 2.45) is 11.8 Å². The highest BCUT2D eigenvalue weighted by Gasteiger charge is 2.72. The zero-order chi connectivity index (χ0) is 13.1. The molecule has 4 aliphatic carbocycles. The lowest BCUT2D eigenvalue weighted by Gasteiger charge is -2.60. The van der Waals surface area contributed by atoms with Crippen molar-refractivity contribution in [2.75, 3.05) is 0 Å². The minimum absolute atomic E-state index is 0.0804. The molecule has 0 saturated heterocycles. The Hall–Kier alpha value is -1.00. The van der Waals surface area contributed by atoms with Crippen molar-refractivity contribution >= 4 is 5.97 Å². The van der Waals surface area contributed by atoms with E-state index < -0.39 is 35.5 Å². The zero-order valence-electron chi connectivity index (χ0n) is 9.87. The summed E-state index contributed by atoms with van der Waals surface area (Å²) in [5.74, 6) is -1.39. The molecule has 5 heteroatoms. The Bertz CT molecular complexity index is 413. The highest BCUT2D eigenvalue weighted by atomic mass is 19.2. The molecule has 0 aromatic rings. The molecule has 6 unspecified atom stereocenters. The van der Waals surface area contributed by atoms with Gasteiger partial charge in [0.25, 0.3) is 0 Å². The molecular formula is C13H15F3O2. The van der Waals surface area contributed by atoms with E-state index in [0.717, 1.165) is 6.08 Å². The van der Waals surface area contributed by atoms with Gasteiger partial charge in [-0.25, -0.2) is 18.0 Å². The van der Waals surface area contributed by atoms with Crippen molar-refractivity contribution in [1.29, 1.82) is 0 Å². The molecule has 0 aromatic carbocycles. The standard InChI is InChI=1S/C13H15F3O2/c1-2-9(17)18-12-4-7-3-8(6-12)10(14)13(16,5-7)11(12)15/h2,7-8,10-11H,1,3-6H2. The van der Waals surface area contributed by atoms with Gasteiger partial charge in [0.05, 0.1) is 0 Å². The molecule has 0 radical (unpaired) electrons. The van der Waals surface area contributed by atoms with Crippen LogP contribution in [0.5, 0.6) is 0 Å². The number of alkyl halides is 3. The first-order valence-electron chi connectivity index (χ1n) is 6.24. The van der Waals surface area contributed by atoms with Crippen LogP contribution in [0.2, 0.25) is 0 Å². The number of esters is 1. The molecule has 0 heterocycles. The molecule has 100 valence electrons. The maximum Gasteiger partial charge on any atom is 0.330 e. The van der Waals surface area contributed by atoms with Gasteiger partial charge in [-0.05, 0) is 37.5 Å². The highest BCUT2D eigenvalue weighted by Crippen LogP contribution is 2.62. The molecule has 18 heavy (non-hydrogen) atoms. The first kappa shape index (κ1) is 12.1. The molecule has 0 spiro atoms. The number of hydrogen-bond acceptors (Lipinski definition) is 2. The van der Waals surface area contributed by atoms with Gasteiger partial charge in [-0.1, -0.05) is 6.58 Å². The second-order valence-corrected chi connectivity index (χ2v) is 5.86. The van der Waals surface area contributed by atoms with Crippen LogP contribution in [0.1, 0.15) is 25.7 Å². The summed E-state index contributed by atoms with van der Waals surface area (Å²) < 4.78 is 47.9. The average Bonchev–Trinajstić information content (AvgIpc) is 2.33. The fourth-order valence-corrected chi connectivity index (χ4v) is 4.20. The zero-order valence-corrected chi connectivity index (χ0v) is 9.87. The number of halogens is 3. The first-order chi connectivity index (χ1) is 8.41. The van der Waals surface area contributed by atoms with Crippen LogP contribution in [-0.4, -0.2) is 29.6 Å². The Morgan fingerprint density at radius 1 is 1.33 bits per heavy atom. The van der Waals surface area contributed by atoms with E-state index >= 15 is 0 Å². The fourth-order valence-electron chi connectivity index (χ4n) is 4.20. The number of ether oxygens (including phenoxy) is 1. The second kappa shape index (κ2) is 3.52. The second-order valence-electron chi connectivity index (χ2n) is 5.86. The van der Waals surface area contributed by atoms with Crippen LogP contribution >= 0.6 is 0 Å². The van der Waals surface area contributed by atoms with Crippen molar-refractivity contribution in [1.82, 2.24) is 0 Å². The third-order valence-corrected chi connectivity index (χ3v) is 4.71. The van der Waals surface area contributed by atoms with E-state index in [9.17, 15) is 18.0 Å². The predicted molar refractivity (Wildman–Crippen MR) is 58.1 cm³/mol. The molecule has 4 aliphatic rings. The molecule has 4 saturated carbocycles. The Morgan fingerprint density at radius 3 is 2.72 bits per heavy atom. The Morgan fingerprint density at radius 2 is 2.06 bits per heavy atom. The average molecular weight is 260 g/mol. The first-order valence-corrected chi connectivity index (χ1v) is 6.24. The maximum atomic E-state index is 14.5. The quantitative estimate of drug-likeness (QED) is 0.563. The van der Waals surface area contributed by atoms with Gasteiger partial charge in [0.2, 0.25) is 0 Å². The van der Waals surface area contributed by atoms with E-state index in [1.807, 2.05) is 0 Å². The van der Waals surface area contributed by atoms with Gasteiger partial charge in [0.1, 0.15) is 11.8 Å². The lowest BCUT2D eigenvalue weighted by molar-refractivity contribution is -0.259. The van der Waals surface area contributed by atoms with Gasteiger partial charge >= 0.3 is 5.97 Å². The summed E-state index contributed by atoms with van der Waals surface area (Å²) in [4.78, 5) is 11.3. The number of carbonyl (C=O) groups excluding carboxylic acids is 1. The van der Waals surface area contributed by atoms with Gasteiger partial charge in [0.15, 0.2) is 11.8 Å². The lowest BCUT2D eigenvalue weighted by atomic mass is 9.51. The number of hydrogen-bond donors (Lipinski definition) is 0. The molecule has 0 aliphatic heterocycles. The third kappa shape index (κ3) is 1.33. The summed E-state index contributed by atoms with van der Waals surface area (Å²) in [5, 5.41) is 0. The van der Waals surface area contributed by atoms with Crippen molar-refractivity contribution < 1.29 is 22.7 Å². The Balaban J connectivity index is 1.97. The van der Waals surface area contributed by atoms with E-state index in [0.29, 0.717) is 12.8 Å². The van der Waals surface area contributed by atoms with Gasteiger partial charge < -0.3 is 4.74 Å². The van der Waals surface area contributed by atoms with Crippen molar-refractivity contribution in [3.8, 4) is 0 Å². The number of carbonyl (C=O) groups is 1. The smallest absolute Gasteiger partial charge is 0.330 e. The summed E-state index contributed by atoms with van der Waals surface area (Å²) in [6, 6.07) is 0. The van der Waals surface area contributed by atoms with Crippen molar-refractivity contribution in [3.05, 3.63) is 12.7 Å². The third-order valence-electron chi connectivity index (χ3n) is 4.71. The molecule has 6 atom stereocenters. The topological polar surface area (TPSA) is 26.3 Å². The Labute approximate surface area is 103 Å². The van der Waals surface area contributed by atoms with Crippen LogP contribution in [0.25, 0.3) is 0 Å². The van der Waals surface area contributed by atoms with Crippen LogP contribution in [0.15, 0.2) is 12.7 Å². The highest BCUT2D eigenvalue weighted by molar-refractivity contribution is 5.81. The van der Waals surface area contributed by atoms with Gasteiger partial charge in [-0.3, -0.25) is 0 Å². The summed E-state index contributed by atoms with van der Waals surface area (Å²) in [5.41, 5.74) is -3.96. The van der Waals surface area contributed by atoms with E-state index in [4.69, 9.17) is 4.74 Å². The monoisotopic (exact) mass is 260 g/mol. The van der Waals surface area contributed by atoms with Crippen molar-refractivity contribution in [2.45, 2.75) is 49.3 Å². The molecule has 0 aromatic heterocycles. The molecule has 4 fully saturated rings. The summed E-state index contributed by atoms with van der Waals surface area (Å²) >= 11 is 0. The predicted octanol–water partition coefficient (Wildman–Crippen LogP) is 2.67. The molecule has 0 N–H and O–H groups in total. The summed E-state index contributed by atoms with van der Waals surface area (Å²) in [6.45, 7) is 3.25. The lowest BCUT2D eigenvalue weighted by Crippen LogP contribution is -2.71. The van der Waals surface area contributed by atoms with Crippen LogP contribution < -0.4 is 0 Å². The molecule has 2 nitrogen and oxygen atoms in total.